The Morgan fingerprint density at radius 3 is 2.16 bits per heavy atom. The Morgan fingerprint density at radius 1 is 0.947 bits per heavy atom. The molecule has 100 valence electrons. The standard InChI is InChI=1S/C17H20ClN/c1-17(2,3)14-8-10-15(11-9-14)19-12-13-6-4-5-7-16(13)18/h4-11,19H,12H2,1-3H3. The van der Waals surface area contributed by atoms with E-state index in [-0.39, 0.29) is 5.41 Å². The summed E-state index contributed by atoms with van der Waals surface area (Å²) in [6, 6.07) is 16.5. The minimum Gasteiger partial charge on any atom is -0.381 e. The van der Waals surface area contributed by atoms with Crippen molar-refractivity contribution in [2.24, 2.45) is 0 Å². The van der Waals surface area contributed by atoms with Gasteiger partial charge in [-0.2, -0.15) is 0 Å². The summed E-state index contributed by atoms with van der Waals surface area (Å²) >= 11 is 6.14. The number of anilines is 1. The van der Waals surface area contributed by atoms with E-state index in [0.29, 0.717) is 0 Å². The third-order valence-corrected chi connectivity index (χ3v) is 3.56. The number of benzene rings is 2. The van der Waals surface area contributed by atoms with Gasteiger partial charge in [-0.05, 0) is 34.7 Å². The van der Waals surface area contributed by atoms with E-state index in [2.05, 4.69) is 50.4 Å². The van der Waals surface area contributed by atoms with Crippen LogP contribution in [0.2, 0.25) is 5.02 Å². The van der Waals surface area contributed by atoms with Crippen LogP contribution in [-0.2, 0) is 12.0 Å². The predicted molar refractivity (Wildman–Crippen MR) is 83.9 cm³/mol. The van der Waals surface area contributed by atoms with Crippen molar-refractivity contribution in [2.75, 3.05) is 5.32 Å². The Kier molecular flexibility index (Phi) is 4.16. The van der Waals surface area contributed by atoms with Crippen molar-refractivity contribution < 1.29 is 0 Å². The van der Waals surface area contributed by atoms with Crippen LogP contribution < -0.4 is 5.32 Å². The molecule has 0 unspecified atom stereocenters. The molecule has 2 aromatic carbocycles. The second-order valence-corrected chi connectivity index (χ2v) is 6.18. The van der Waals surface area contributed by atoms with Crippen LogP contribution in [0.3, 0.4) is 0 Å². The van der Waals surface area contributed by atoms with Crippen molar-refractivity contribution >= 4 is 17.3 Å². The largest absolute Gasteiger partial charge is 0.381 e. The molecular formula is C17H20ClN. The lowest BCUT2D eigenvalue weighted by Gasteiger charge is -2.19. The fourth-order valence-electron chi connectivity index (χ4n) is 1.93. The molecule has 2 aromatic rings. The second-order valence-electron chi connectivity index (χ2n) is 5.77. The molecule has 0 saturated heterocycles. The summed E-state index contributed by atoms with van der Waals surface area (Å²) in [5.41, 5.74) is 3.77. The van der Waals surface area contributed by atoms with E-state index in [1.165, 1.54) is 5.56 Å². The molecule has 0 atom stereocenters. The molecule has 0 saturated carbocycles. The van der Waals surface area contributed by atoms with Crippen molar-refractivity contribution in [3.63, 3.8) is 0 Å². The Balaban J connectivity index is 2.03. The van der Waals surface area contributed by atoms with E-state index < -0.39 is 0 Å². The zero-order valence-electron chi connectivity index (χ0n) is 11.7. The number of rotatable bonds is 3. The Hall–Kier alpha value is -1.47. The fraction of sp³-hybridized carbons (Fsp3) is 0.294. The van der Waals surface area contributed by atoms with Gasteiger partial charge in [-0.15, -0.1) is 0 Å². The number of nitrogens with one attached hydrogen (secondary N) is 1. The van der Waals surface area contributed by atoms with Crippen molar-refractivity contribution in [1.82, 2.24) is 0 Å². The van der Waals surface area contributed by atoms with E-state index in [4.69, 9.17) is 11.6 Å². The van der Waals surface area contributed by atoms with Gasteiger partial charge in [0.25, 0.3) is 0 Å². The molecule has 2 heteroatoms. The quantitative estimate of drug-likeness (QED) is 0.805. The van der Waals surface area contributed by atoms with Gasteiger partial charge in [0.1, 0.15) is 0 Å². The van der Waals surface area contributed by atoms with Crippen molar-refractivity contribution in [3.05, 3.63) is 64.7 Å². The molecule has 0 radical (unpaired) electrons. The van der Waals surface area contributed by atoms with Crippen molar-refractivity contribution in [2.45, 2.75) is 32.7 Å². The summed E-state index contributed by atoms with van der Waals surface area (Å²) in [4.78, 5) is 0. The van der Waals surface area contributed by atoms with Gasteiger partial charge in [0.15, 0.2) is 0 Å². The first kappa shape index (κ1) is 14.0. The molecule has 0 spiro atoms. The zero-order chi connectivity index (χ0) is 13.9. The normalized spacial score (nSPS) is 11.4. The SMILES string of the molecule is CC(C)(C)c1ccc(NCc2ccccc2Cl)cc1. The first-order valence-electron chi connectivity index (χ1n) is 6.54. The lowest BCUT2D eigenvalue weighted by atomic mass is 9.87. The van der Waals surface area contributed by atoms with Crippen LogP contribution in [0.4, 0.5) is 5.69 Å². The number of halogens is 1. The van der Waals surface area contributed by atoms with Crippen molar-refractivity contribution in [3.8, 4) is 0 Å². The average Bonchev–Trinajstić information content (AvgIpc) is 2.37. The smallest absolute Gasteiger partial charge is 0.0455 e. The number of hydrogen-bond donors (Lipinski definition) is 1. The molecule has 1 N–H and O–H groups in total. The van der Waals surface area contributed by atoms with Crippen LogP contribution >= 0.6 is 11.6 Å². The van der Waals surface area contributed by atoms with Crippen LogP contribution in [0.25, 0.3) is 0 Å². The summed E-state index contributed by atoms with van der Waals surface area (Å²) < 4.78 is 0. The van der Waals surface area contributed by atoms with Crippen LogP contribution in [-0.4, -0.2) is 0 Å². The van der Waals surface area contributed by atoms with Gasteiger partial charge in [-0.25, -0.2) is 0 Å². The van der Waals surface area contributed by atoms with E-state index in [1.807, 2.05) is 24.3 Å². The lowest BCUT2D eigenvalue weighted by Crippen LogP contribution is -2.10. The highest BCUT2D eigenvalue weighted by atomic mass is 35.5. The van der Waals surface area contributed by atoms with Crippen molar-refractivity contribution in [1.29, 1.82) is 0 Å². The molecule has 0 fully saturated rings. The molecule has 1 nitrogen and oxygen atoms in total. The van der Waals surface area contributed by atoms with Crippen LogP contribution in [0, 0.1) is 0 Å². The Labute approximate surface area is 120 Å². The summed E-state index contributed by atoms with van der Waals surface area (Å²) in [6.07, 6.45) is 0. The third kappa shape index (κ3) is 3.74. The van der Waals surface area contributed by atoms with Gasteiger partial charge in [0, 0.05) is 17.3 Å². The minimum absolute atomic E-state index is 0.196. The molecule has 0 bridgehead atoms. The van der Waals surface area contributed by atoms with Gasteiger partial charge >= 0.3 is 0 Å². The summed E-state index contributed by atoms with van der Waals surface area (Å²) in [5, 5.41) is 4.20. The van der Waals surface area contributed by atoms with Crippen LogP contribution in [0.1, 0.15) is 31.9 Å². The molecule has 0 aliphatic carbocycles. The predicted octanol–water partition coefficient (Wildman–Crippen LogP) is 5.25. The zero-order valence-corrected chi connectivity index (χ0v) is 12.5. The molecule has 0 aliphatic heterocycles. The van der Waals surface area contributed by atoms with E-state index in [9.17, 15) is 0 Å². The highest BCUT2D eigenvalue weighted by Crippen LogP contribution is 2.24. The van der Waals surface area contributed by atoms with Gasteiger partial charge in [0.2, 0.25) is 0 Å². The Bertz CT molecular complexity index is 538. The number of hydrogen-bond acceptors (Lipinski definition) is 1. The molecule has 19 heavy (non-hydrogen) atoms. The van der Waals surface area contributed by atoms with E-state index in [1.54, 1.807) is 0 Å². The topological polar surface area (TPSA) is 12.0 Å². The van der Waals surface area contributed by atoms with Crippen LogP contribution in [0.15, 0.2) is 48.5 Å². The summed E-state index contributed by atoms with van der Waals surface area (Å²) in [6.45, 7) is 7.41. The van der Waals surface area contributed by atoms with E-state index >= 15 is 0 Å². The maximum absolute atomic E-state index is 6.14. The van der Waals surface area contributed by atoms with Crippen LogP contribution in [0.5, 0.6) is 0 Å². The lowest BCUT2D eigenvalue weighted by molar-refractivity contribution is 0.590. The molecule has 2 rings (SSSR count). The molecule has 0 aromatic heterocycles. The fourth-order valence-corrected chi connectivity index (χ4v) is 2.13. The van der Waals surface area contributed by atoms with Gasteiger partial charge in [-0.3, -0.25) is 0 Å². The minimum atomic E-state index is 0.196. The highest BCUT2D eigenvalue weighted by molar-refractivity contribution is 6.31. The summed E-state index contributed by atoms with van der Waals surface area (Å²) in [5.74, 6) is 0. The molecule has 0 heterocycles. The van der Waals surface area contributed by atoms with Gasteiger partial charge in [-0.1, -0.05) is 62.7 Å². The maximum Gasteiger partial charge on any atom is 0.0455 e. The van der Waals surface area contributed by atoms with Gasteiger partial charge in [0.05, 0.1) is 0 Å². The summed E-state index contributed by atoms with van der Waals surface area (Å²) in [7, 11) is 0. The first-order chi connectivity index (χ1) is 8.97. The Morgan fingerprint density at radius 2 is 1.58 bits per heavy atom. The van der Waals surface area contributed by atoms with Gasteiger partial charge < -0.3 is 5.32 Å². The second kappa shape index (κ2) is 5.66. The molecule has 0 amide bonds. The monoisotopic (exact) mass is 273 g/mol. The average molecular weight is 274 g/mol. The maximum atomic E-state index is 6.14. The third-order valence-electron chi connectivity index (χ3n) is 3.19. The first-order valence-corrected chi connectivity index (χ1v) is 6.92. The molecule has 0 aliphatic rings. The molecular weight excluding hydrogens is 254 g/mol. The van der Waals surface area contributed by atoms with E-state index in [0.717, 1.165) is 22.8 Å². The highest BCUT2D eigenvalue weighted by Gasteiger charge is 2.12.